The maximum Gasteiger partial charge on any atom is 0.0371 e. The molecular formula is C18H39N3. The average molecular weight is 298 g/mol. The van der Waals surface area contributed by atoms with Crippen molar-refractivity contribution < 1.29 is 0 Å². The molecule has 1 aliphatic heterocycles. The molecule has 1 aliphatic rings. The third kappa shape index (κ3) is 8.18. The third-order valence-corrected chi connectivity index (χ3v) is 5.00. The number of likely N-dealkylation sites (N-methyl/N-ethyl adjacent to an activating group) is 2. The molecule has 0 saturated carbocycles. The molecule has 0 aromatic carbocycles. The van der Waals surface area contributed by atoms with Gasteiger partial charge in [-0.05, 0) is 40.0 Å². The van der Waals surface area contributed by atoms with Crippen molar-refractivity contribution in [1.29, 1.82) is 0 Å². The van der Waals surface area contributed by atoms with Crippen LogP contribution in [0, 0.1) is 0 Å². The summed E-state index contributed by atoms with van der Waals surface area (Å²) < 4.78 is 0. The van der Waals surface area contributed by atoms with Crippen molar-refractivity contribution in [1.82, 2.24) is 9.80 Å². The van der Waals surface area contributed by atoms with Crippen molar-refractivity contribution in [3.8, 4) is 0 Å². The van der Waals surface area contributed by atoms with Gasteiger partial charge in [-0.25, -0.2) is 0 Å². The van der Waals surface area contributed by atoms with E-state index < -0.39 is 0 Å². The van der Waals surface area contributed by atoms with Crippen LogP contribution in [0.5, 0.6) is 0 Å². The Morgan fingerprint density at radius 1 is 0.952 bits per heavy atom. The molecule has 126 valence electrons. The minimum atomic E-state index is 0.343. The van der Waals surface area contributed by atoms with Gasteiger partial charge in [0.05, 0.1) is 0 Å². The third-order valence-electron chi connectivity index (χ3n) is 5.00. The maximum absolute atomic E-state index is 6.48. The Labute approximate surface area is 133 Å². The Bertz CT molecular complexity index is 245. The van der Waals surface area contributed by atoms with Gasteiger partial charge in [0.2, 0.25) is 0 Å². The first kappa shape index (κ1) is 18.9. The summed E-state index contributed by atoms with van der Waals surface area (Å²) in [5, 5.41) is 0. The van der Waals surface area contributed by atoms with E-state index in [1.807, 2.05) is 0 Å². The van der Waals surface area contributed by atoms with E-state index in [1.165, 1.54) is 77.3 Å². The Kier molecular flexibility index (Phi) is 10.3. The van der Waals surface area contributed by atoms with Crippen molar-refractivity contribution in [2.24, 2.45) is 5.73 Å². The second kappa shape index (κ2) is 11.4. The topological polar surface area (TPSA) is 32.5 Å². The van der Waals surface area contributed by atoms with Gasteiger partial charge in [-0.15, -0.1) is 0 Å². The maximum atomic E-state index is 6.48. The Hall–Kier alpha value is -0.120. The molecule has 0 aromatic heterocycles. The van der Waals surface area contributed by atoms with Gasteiger partial charge in [-0.3, -0.25) is 0 Å². The number of hydrogen-bond acceptors (Lipinski definition) is 3. The summed E-state index contributed by atoms with van der Waals surface area (Å²) in [6.07, 6.45) is 13.6. The van der Waals surface area contributed by atoms with E-state index >= 15 is 0 Å². The summed E-state index contributed by atoms with van der Waals surface area (Å²) in [4.78, 5) is 4.93. The quantitative estimate of drug-likeness (QED) is 0.627. The molecule has 1 fully saturated rings. The number of unbranched alkanes of at least 4 members (excludes halogenated alkanes) is 7. The van der Waals surface area contributed by atoms with Gasteiger partial charge in [0.25, 0.3) is 0 Å². The van der Waals surface area contributed by atoms with Crippen LogP contribution in [0.25, 0.3) is 0 Å². The molecule has 0 amide bonds. The molecule has 3 heteroatoms. The first-order valence-corrected chi connectivity index (χ1v) is 9.29. The van der Waals surface area contributed by atoms with Gasteiger partial charge in [0.1, 0.15) is 0 Å². The van der Waals surface area contributed by atoms with Gasteiger partial charge >= 0.3 is 0 Å². The van der Waals surface area contributed by atoms with Crippen LogP contribution in [0.4, 0.5) is 0 Å². The highest BCUT2D eigenvalue weighted by Crippen LogP contribution is 2.15. The number of nitrogens with two attached hydrogens (primary N) is 1. The molecule has 0 aliphatic carbocycles. The van der Waals surface area contributed by atoms with Gasteiger partial charge in [0, 0.05) is 18.6 Å². The van der Waals surface area contributed by atoms with Crippen LogP contribution in [0.1, 0.15) is 71.1 Å². The van der Waals surface area contributed by atoms with Crippen LogP contribution >= 0.6 is 0 Å². The molecule has 3 nitrogen and oxygen atoms in total. The molecule has 2 unspecified atom stereocenters. The lowest BCUT2D eigenvalue weighted by atomic mass is 9.99. The van der Waals surface area contributed by atoms with Gasteiger partial charge in [0.15, 0.2) is 0 Å². The fraction of sp³-hybridized carbons (Fsp3) is 1.00. The van der Waals surface area contributed by atoms with Crippen LogP contribution in [-0.4, -0.2) is 55.6 Å². The van der Waals surface area contributed by atoms with E-state index in [1.54, 1.807) is 0 Å². The van der Waals surface area contributed by atoms with Crippen LogP contribution in [0.15, 0.2) is 0 Å². The zero-order valence-electron chi connectivity index (χ0n) is 14.8. The van der Waals surface area contributed by atoms with Crippen molar-refractivity contribution in [2.45, 2.75) is 83.2 Å². The molecular weight excluding hydrogens is 258 g/mol. The zero-order chi connectivity index (χ0) is 15.5. The molecule has 2 N–H and O–H groups in total. The predicted octanol–water partition coefficient (Wildman–Crippen LogP) is 3.48. The molecule has 1 saturated heterocycles. The molecule has 1 heterocycles. The van der Waals surface area contributed by atoms with Crippen molar-refractivity contribution in [3.05, 3.63) is 0 Å². The first-order valence-electron chi connectivity index (χ1n) is 9.29. The minimum absolute atomic E-state index is 0.343. The highest BCUT2D eigenvalue weighted by atomic mass is 15.2. The lowest BCUT2D eigenvalue weighted by Crippen LogP contribution is -2.50. The summed E-state index contributed by atoms with van der Waals surface area (Å²) in [6, 6.07) is 0.887. The van der Waals surface area contributed by atoms with Gasteiger partial charge < -0.3 is 15.5 Å². The molecule has 0 bridgehead atoms. The second-order valence-electron chi connectivity index (χ2n) is 7.09. The average Bonchev–Trinajstić information content (AvgIpc) is 2.63. The van der Waals surface area contributed by atoms with Crippen molar-refractivity contribution in [3.63, 3.8) is 0 Å². The van der Waals surface area contributed by atoms with Crippen LogP contribution in [0.3, 0.4) is 0 Å². The smallest absolute Gasteiger partial charge is 0.0371 e. The second-order valence-corrected chi connectivity index (χ2v) is 7.09. The molecule has 21 heavy (non-hydrogen) atoms. The van der Waals surface area contributed by atoms with Crippen LogP contribution in [0.2, 0.25) is 0 Å². The Balaban J connectivity index is 2.10. The van der Waals surface area contributed by atoms with E-state index in [4.69, 9.17) is 5.73 Å². The number of hydrogen-bond donors (Lipinski definition) is 1. The molecule has 1 rings (SSSR count). The van der Waals surface area contributed by atoms with Gasteiger partial charge in [-0.1, -0.05) is 58.3 Å². The molecule has 2 atom stereocenters. The number of rotatable bonds is 10. The van der Waals surface area contributed by atoms with Crippen LogP contribution in [-0.2, 0) is 0 Å². The summed E-state index contributed by atoms with van der Waals surface area (Å²) >= 11 is 0. The van der Waals surface area contributed by atoms with E-state index in [9.17, 15) is 0 Å². The summed E-state index contributed by atoms with van der Waals surface area (Å²) in [5.74, 6) is 0. The normalized spacial score (nSPS) is 23.1. The number of nitrogens with zero attached hydrogens (tertiary/aromatic N) is 2. The summed E-state index contributed by atoms with van der Waals surface area (Å²) in [6.45, 7) is 5.82. The Morgan fingerprint density at radius 2 is 1.57 bits per heavy atom. The van der Waals surface area contributed by atoms with Crippen molar-refractivity contribution >= 4 is 0 Å². The zero-order valence-corrected chi connectivity index (χ0v) is 14.8. The summed E-state index contributed by atoms with van der Waals surface area (Å²) in [5.41, 5.74) is 6.48. The highest BCUT2D eigenvalue weighted by molar-refractivity contribution is 4.85. The lowest BCUT2D eigenvalue weighted by Gasteiger charge is -2.32. The van der Waals surface area contributed by atoms with E-state index in [-0.39, 0.29) is 0 Å². The van der Waals surface area contributed by atoms with E-state index in [0.29, 0.717) is 12.1 Å². The minimum Gasteiger partial charge on any atom is -0.326 e. The van der Waals surface area contributed by atoms with Crippen LogP contribution < -0.4 is 5.73 Å². The monoisotopic (exact) mass is 297 g/mol. The fourth-order valence-electron chi connectivity index (χ4n) is 3.47. The lowest BCUT2D eigenvalue weighted by molar-refractivity contribution is 0.189. The standard InChI is InChI=1S/C18H39N3/c1-4-5-6-7-8-9-10-11-13-17(19)18-16-20(2)14-12-15-21(18)3/h17-18H,4-16,19H2,1-3H3. The SMILES string of the molecule is CCCCCCCCCCC(N)C1CN(C)CCCN1C. The largest absolute Gasteiger partial charge is 0.326 e. The fourth-order valence-corrected chi connectivity index (χ4v) is 3.47. The molecule has 0 radical (unpaired) electrons. The molecule has 0 spiro atoms. The Morgan fingerprint density at radius 3 is 2.24 bits per heavy atom. The highest BCUT2D eigenvalue weighted by Gasteiger charge is 2.25. The van der Waals surface area contributed by atoms with E-state index in [2.05, 4.69) is 30.8 Å². The van der Waals surface area contributed by atoms with E-state index in [0.717, 1.165) is 6.54 Å². The van der Waals surface area contributed by atoms with Crippen molar-refractivity contribution in [2.75, 3.05) is 33.7 Å². The first-order chi connectivity index (χ1) is 10.1. The molecule has 0 aromatic rings. The summed E-state index contributed by atoms with van der Waals surface area (Å²) in [7, 11) is 4.48. The van der Waals surface area contributed by atoms with Gasteiger partial charge in [-0.2, -0.15) is 0 Å². The predicted molar refractivity (Wildman–Crippen MR) is 93.7 cm³/mol.